The smallest absolute Gasteiger partial charge is 0.264 e. The summed E-state index contributed by atoms with van der Waals surface area (Å²) in [6.45, 7) is 2.20. The highest BCUT2D eigenvalue weighted by Crippen LogP contribution is 2.42. The standard InChI is InChI=1S/C24H25ClN2O2S/c1-15-6-3-4-9-19(15)26-23(28)17-10-11-21-20(14-17)27(2)24(29)22(30-21)13-16-7-5-8-18(25)12-16/h5,7-8,10-15,19H,3-4,6,9H2,1-2H3,(H,26,28)/b22-13-. The van der Waals surface area contributed by atoms with Crippen molar-refractivity contribution in [1.29, 1.82) is 0 Å². The van der Waals surface area contributed by atoms with E-state index in [4.69, 9.17) is 11.6 Å². The molecule has 0 saturated heterocycles. The normalized spacial score (nSPS) is 22.7. The van der Waals surface area contributed by atoms with Crippen LogP contribution in [0.1, 0.15) is 48.5 Å². The van der Waals surface area contributed by atoms with Crippen LogP contribution in [0.25, 0.3) is 6.08 Å². The van der Waals surface area contributed by atoms with E-state index in [2.05, 4.69) is 12.2 Å². The van der Waals surface area contributed by atoms with Crippen LogP contribution in [-0.2, 0) is 4.79 Å². The van der Waals surface area contributed by atoms with E-state index in [1.54, 1.807) is 11.9 Å². The number of benzene rings is 2. The van der Waals surface area contributed by atoms with Gasteiger partial charge in [-0.25, -0.2) is 0 Å². The number of amides is 2. The molecule has 6 heteroatoms. The zero-order valence-electron chi connectivity index (χ0n) is 17.2. The van der Waals surface area contributed by atoms with Crippen molar-refractivity contribution in [3.63, 3.8) is 0 Å². The average Bonchev–Trinajstić information content (AvgIpc) is 2.73. The van der Waals surface area contributed by atoms with Gasteiger partial charge in [0.15, 0.2) is 0 Å². The summed E-state index contributed by atoms with van der Waals surface area (Å²) in [5.41, 5.74) is 2.24. The van der Waals surface area contributed by atoms with Gasteiger partial charge >= 0.3 is 0 Å². The SMILES string of the molecule is CC1CCCCC1NC(=O)c1ccc2c(c1)N(C)C(=O)/C(=C/c1cccc(Cl)c1)S2. The van der Waals surface area contributed by atoms with Gasteiger partial charge in [0, 0.05) is 28.6 Å². The lowest BCUT2D eigenvalue weighted by Gasteiger charge is -2.30. The molecule has 2 atom stereocenters. The molecule has 1 heterocycles. The molecular formula is C24H25ClN2O2S. The van der Waals surface area contributed by atoms with Gasteiger partial charge in [-0.05, 0) is 60.7 Å². The van der Waals surface area contributed by atoms with Crippen LogP contribution in [0, 0.1) is 5.92 Å². The number of carbonyl (C=O) groups is 2. The summed E-state index contributed by atoms with van der Waals surface area (Å²) in [6, 6.07) is 13.2. The third-order valence-electron chi connectivity index (χ3n) is 5.89. The van der Waals surface area contributed by atoms with Crippen molar-refractivity contribution in [3.05, 3.63) is 63.5 Å². The van der Waals surface area contributed by atoms with Gasteiger partial charge in [-0.15, -0.1) is 0 Å². The minimum atomic E-state index is -0.0917. The van der Waals surface area contributed by atoms with E-state index in [9.17, 15) is 9.59 Å². The number of nitrogens with one attached hydrogen (secondary N) is 1. The van der Waals surface area contributed by atoms with E-state index >= 15 is 0 Å². The molecule has 2 unspecified atom stereocenters. The van der Waals surface area contributed by atoms with Crippen LogP contribution in [0.5, 0.6) is 0 Å². The van der Waals surface area contributed by atoms with Gasteiger partial charge in [0.1, 0.15) is 0 Å². The van der Waals surface area contributed by atoms with E-state index in [1.807, 2.05) is 48.5 Å². The van der Waals surface area contributed by atoms with Crippen LogP contribution in [0.4, 0.5) is 5.69 Å². The molecule has 0 spiro atoms. The van der Waals surface area contributed by atoms with Crippen LogP contribution >= 0.6 is 23.4 Å². The Morgan fingerprint density at radius 3 is 2.77 bits per heavy atom. The summed E-state index contributed by atoms with van der Waals surface area (Å²) in [4.78, 5) is 28.9. The summed E-state index contributed by atoms with van der Waals surface area (Å²) in [7, 11) is 1.75. The molecule has 1 fully saturated rings. The fourth-order valence-electron chi connectivity index (χ4n) is 4.07. The van der Waals surface area contributed by atoms with Crippen molar-refractivity contribution in [3.8, 4) is 0 Å². The molecule has 2 amide bonds. The average molecular weight is 441 g/mol. The van der Waals surface area contributed by atoms with Crippen molar-refractivity contribution in [2.75, 3.05) is 11.9 Å². The third-order valence-corrected chi connectivity index (χ3v) is 7.20. The van der Waals surface area contributed by atoms with Gasteiger partial charge < -0.3 is 10.2 Å². The van der Waals surface area contributed by atoms with E-state index in [-0.39, 0.29) is 17.9 Å². The maximum absolute atomic E-state index is 12.9. The zero-order chi connectivity index (χ0) is 21.3. The van der Waals surface area contributed by atoms with E-state index < -0.39 is 0 Å². The highest BCUT2D eigenvalue weighted by molar-refractivity contribution is 8.04. The Balaban J connectivity index is 1.56. The Kier molecular flexibility index (Phi) is 6.21. The molecule has 4 nitrogen and oxygen atoms in total. The first kappa shape index (κ1) is 21.0. The largest absolute Gasteiger partial charge is 0.349 e. The molecule has 1 N–H and O–H groups in total. The minimum absolute atomic E-state index is 0.0670. The molecule has 1 aliphatic heterocycles. The molecule has 1 aliphatic carbocycles. The quantitative estimate of drug-likeness (QED) is 0.617. The number of carbonyl (C=O) groups excluding carboxylic acids is 2. The number of hydrogen-bond acceptors (Lipinski definition) is 3. The first-order valence-corrected chi connectivity index (χ1v) is 11.5. The van der Waals surface area contributed by atoms with Crippen molar-refractivity contribution in [2.45, 2.75) is 43.5 Å². The molecule has 30 heavy (non-hydrogen) atoms. The Bertz CT molecular complexity index is 1020. The fraction of sp³-hybridized carbons (Fsp3) is 0.333. The second kappa shape index (κ2) is 8.86. The molecule has 4 rings (SSSR count). The summed E-state index contributed by atoms with van der Waals surface area (Å²) in [6.07, 6.45) is 6.44. The minimum Gasteiger partial charge on any atom is -0.349 e. The molecule has 0 radical (unpaired) electrons. The zero-order valence-corrected chi connectivity index (χ0v) is 18.7. The highest BCUT2D eigenvalue weighted by Gasteiger charge is 2.28. The first-order chi connectivity index (χ1) is 14.4. The van der Waals surface area contributed by atoms with E-state index in [0.717, 1.165) is 35.4 Å². The predicted octanol–water partition coefficient (Wildman–Crippen LogP) is 5.76. The van der Waals surface area contributed by atoms with Crippen LogP contribution in [-0.4, -0.2) is 24.9 Å². The summed E-state index contributed by atoms with van der Waals surface area (Å²) in [5, 5.41) is 3.83. The lowest BCUT2D eigenvalue weighted by atomic mass is 9.86. The Labute approximate surface area is 186 Å². The molecule has 2 aromatic carbocycles. The number of rotatable bonds is 3. The van der Waals surface area contributed by atoms with Crippen LogP contribution in [0.3, 0.4) is 0 Å². The number of anilines is 1. The maximum atomic E-state index is 12.9. The van der Waals surface area contributed by atoms with Crippen molar-refractivity contribution >= 4 is 46.9 Å². The number of hydrogen-bond donors (Lipinski definition) is 1. The fourth-order valence-corrected chi connectivity index (χ4v) is 5.36. The number of fused-ring (bicyclic) bond motifs is 1. The van der Waals surface area contributed by atoms with Gasteiger partial charge in [0.25, 0.3) is 11.8 Å². The summed E-state index contributed by atoms with van der Waals surface area (Å²) < 4.78 is 0. The molecule has 156 valence electrons. The third kappa shape index (κ3) is 4.42. The topological polar surface area (TPSA) is 49.4 Å². The van der Waals surface area contributed by atoms with Gasteiger partial charge in [-0.3, -0.25) is 9.59 Å². The van der Waals surface area contributed by atoms with Crippen LogP contribution < -0.4 is 10.2 Å². The van der Waals surface area contributed by atoms with E-state index in [0.29, 0.717) is 21.4 Å². The molecule has 1 saturated carbocycles. The maximum Gasteiger partial charge on any atom is 0.264 e. The lowest BCUT2D eigenvalue weighted by Crippen LogP contribution is -2.41. The van der Waals surface area contributed by atoms with Crippen LogP contribution in [0.15, 0.2) is 52.3 Å². The second-order valence-electron chi connectivity index (χ2n) is 8.05. The molecule has 2 aromatic rings. The Hall–Kier alpha value is -2.24. The summed E-state index contributed by atoms with van der Waals surface area (Å²) in [5.74, 6) is 0.341. The monoisotopic (exact) mass is 440 g/mol. The number of nitrogens with zero attached hydrogens (tertiary/aromatic N) is 1. The van der Waals surface area contributed by atoms with Crippen LogP contribution in [0.2, 0.25) is 5.02 Å². The van der Waals surface area contributed by atoms with Gasteiger partial charge in [0.2, 0.25) is 0 Å². The second-order valence-corrected chi connectivity index (χ2v) is 9.57. The van der Waals surface area contributed by atoms with Crippen molar-refractivity contribution in [1.82, 2.24) is 5.32 Å². The van der Waals surface area contributed by atoms with Gasteiger partial charge in [-0.2, -0.15) is 0 Å². The van der Waals surface area contributed by atoms with Gasteiger partial charge in [-0.1, -0.05) is 55.3 Å². The predicted molar refractivity (Wildman–Crippen MR) is 124 cm³/mol. The highest BCUT2D eigenvalue weighted by atomic mass is 35.5. The van der Waals surface area contributed by atoms with Crippen molar-refractivity contribution in [2.24, 2.45) is 5.92 Å². The molecular weight excluding hydrogens is 416 g/mol. The number of halogens is 1. The number of likely N-dealkylation sites (N-methyl/N-ethyl adjacent to an activating group) is 1. The number of thioether (sulfide) groups is 1. The molecule has 0 aromatic heterocycles. The lowest BCUT2D eigenvalue weighted by molar-refractivity contribution is -0.114. The summed E-state index contributed by atoms with van der Waals surface area (Å²) >= 11 is 7.49. The molecule has 2 aliphatic rings. The van der Waals surface area contributed by atoms with E-state index in [1.165, 1.54) is 18.2 Å². The van der Waals surface area contributed by atoms with Crippen molar-refractivity contribution < 1.29 is 9.59 Å². The molecule has 0 bridgehead atoms. The Morgan fingerprint density at radius 1 is 1.20 bits per heavy atom. The first-order valence-electron chi connectivity index (χ1n) is 10.3. The van der Waals surface area contributed by atoms with Gasteiger partial charge in [0.05, 0.1) is 10.6 Å². The Morgan fingerprint density at radius 2 is 2.00 bits per heavy atom.